The fourth-order valence-corrected chi connectivity index (χ4v) is 2.81. The Kier molecular flexibility index (Phi) is 5.44. The van der Waals surface area contributed by atoms with Crippen molar-refractivity contribution >= 4 is 5.91 Å². The molecule has 0 spiro atoms. The minimum atomic E-state index is -0.314. The van der Waals surface area contributed by atoms with Crippen molar-refractivity contribution in [3.63, 3.8) is 0 Å². The van der Waals surface area contributed by atoms with Gasteiger partial charge in [-0.2, -0.15) is 0 Å². The van der Waals surface area contributed by atoms with Crippen LogP contribution in [0.2, 0.25) is 0 Å². The fourth-order valence-electron chi connectivity index (χ4n) is 2.81. The number of nitrogens with one attached hydrogen (secondary N) is 1. The molecule has 2 unspecified atom stereocenters. The number of carbonyl (C=O) groups excluding carboxylic acids is 1. The molecule has 0 heterocycles. The van der Waals surface area contributed by atoms with E-state index < -0.39 is 0 Å². The van der Waals surface area contributed by atoms with Gasteiger partial charge in [0.1, 0.15) is 0 Å². The molecule has 1 aliphatic carbocycles. The third kappa shape index (κ3) is 3.67. The van der Waals surface area contributed by atoms with E-state index in [2.05, 4.69) is 5.32 Å². The predicted molar refractivity (Wildman–Crippen MR) is 79.8 cm³/mol. The molecule has 1 aliphatic rings. The van der Waals surface area contributed by atoms with Crippen molar-refractivity contribution in [1.29, 1.82) is 0 Å². The van der Waals surface area contributed by atoms with Gasteiger partial charge in [0.05, 0.1) is 25.9 Å². The second-order valence-corrected chi connectivity index (χ2v) is 5.36. The summed E-state index contributed by atoms with van der Waals surface area (Å²) in [6.07, 6.45) is 3.64. The van der Waals surface area contributed by atoms with Crippen LogP contribution in [-0.2, 0) is 0 Å². The highest BCUT2D eigenvalue weighted by Crippen LogP contribution is 2.30. The Morgan fingerprint density at radius 1 is 1.29 bits per heavy atom. The molecular weight excluding hydrogens is 270 g/mol. The van der Waals surface area contributed by atoms with E-state index in [0.717, 1.165) is 25.7 Å². The molecule has 2 rings (SSSR count). The maximum atomic E-state index is 12.3. The number of methoxy groups -OCH3 is 2. The van der Waals surface area contributed by atoms with Gasteiger partial charge in [0, 0.05) is 12.5 Å². The molecule has 0 aliphatic heterocycles. The Labute approximate surface area is 125 Å². The molecule has 1 fully saturated rings. The van der Waals surface area contributed by atoms with Crippen LogP contribution in [0.15, 0.2) is 18.2 Å². The van der Waals surface area contributed by atoms with E-state index in [-0.39, 0.29) is 17.9 Å². The summed E-state index contributed by atoms with van der Waals surface area (Å²) in [6, 6.07) is 5.21. The number of rotatable bonds is 5. The molecule has 21 heavy (non-hydrogen) atoms. The molecule has 5 nitrogen and oxygen atoms in total. The fraction of sp³-hybridized carbons (Fsp3) is 0.562. The largest absolute Gasteiger partial charge is 0.493 e. The van der Waals surface area contributed by atoms with E-state index in [0.29, 0.717) is 23.6 Å². The first-order valence-electron chi connectivity index (χ1n) is 7.34. The molecule has 0 radical (unpaired) electrons. The number of hydrogen-bond acceptors (Lipinski definition) is 4. The standard InChI is InChI=1S/C16H23NO4/c1-20-14-9-5-7-12(15(14)21-2)16(19)17-10-11-6-3-4-8-13(11)18/h5,7,9,11,13,18H,3-4,6,8,10H2,1-2H3,(H,17,19). The molecule has 0 saturated heterocycles. The Morgan fingerprint density at radius 3 is 2.71 bits per heavy atom. The van der Waals surface area contributed by atoms with E-state index in [1.807, 2.05) is 0 Å². The van der Waals surface area contributed by atoms with Gasteiger partial charge in [-0.3, -0.25) is 4.79 Å². The zero-order valence-corrected chi connectivity index (χ0v) is 12.6. The Hall–Kier alpha value is -1.75. The first-order chi connectivity index (χ1) is 10.2. The van der Waals surface area contributed by atoms with E-state index >= 15 is 0 Å². The molecule has 116 valence electrons. The maximum absolute atomic E-state index is 12.3. The highest BCUT2D eigenvalue weighted by molar-refractivity contribution is 5.97. The summed E-state index contributed by atoms with van der Waals surface area (Å²) >= 11 is 0. The molecule has 1 aromatic rings. The van der Waals surface area contributed by atoms with Crippen molar-refractivity contribution in [1.82, 2.24) is 5.32 Å². The van der Waals surface area contributed by atoms with E-state index in [1.165, 1.54) is 14.2 Å². The second-order valence-electron chi connectivity index (χ2n) is 5.36. The van der Waals surface area contributed by atoms with Crippen molar-refractivity contribution < 1.29 is 19.4 Å². The first kappa shape index (κ1) is 15.6. The summed E-state index contributed by atoms with van der Waals surface area (Å²) in [5.41, 5.74) is 0.446. The van der Waals surface area contributed by atoms with E-state index in [9.17, 15) is 9.90 Å². The van der Waals surface area contributed by atoms with Gasteiger partial charge < -0.3 is 19.9 Å². The van der Waals surface area contributed by atoms with Crippen molar-refractivity contribution in [3.8, 4) is 11.5 Å². The van der Waals surface area contributed by atoms with Gasteiger partial charge >= 0.3 is 0 Å². The van der Waals surface area contributed by atoms with Crippen LogP contribution >= 0.6 is 0 Å². The molecule has 5 heteroatoms. The van der Waals surface area contributed by atoms with Gasteiger partial charge in [-0.15, -0.1) is 0 Å². The molecule has 2 N–H and O–H groups in total. The number of aliphatic hydroxyl groups excluding tert-OH is 1. The molecule has 1 aromatic carbocycles. The summed E-state index contributed by atoms with van der Waals surface area (Å²) < 4.78 is 10.5. The average molecular weight is 293 g/mol. The highest BCUT2D eigenvalue weighted by Gasteiger charge is 2.24. The van der Waals surface area contributed by atoms with Crippen LogP contribution in [0.5, 0.6) is 11.5 Å². The lowest BCUT2D eigenvalue weighted by atomic mass is 9.86. The number of aliphatic hydroxyl groups is 1. The molecule has 1 amide bonds. The van der Waals surface area contributed by atoms with Gasteiger partial charge in [0.25, 0.3) is 5.91 Å². The van der Waals surface area contributed by atoms with Gasteiger partial charge in [-0.25, -0.2) is 0 Å². The Balaban J connectivity index is 2.03. The van der Waals surface area contributed by atoms with Crippen molar-refractivity contribution in [2.45, 2.75) is 31.8 Å². The topological polar surface area (TPSA) is 67.8 Å². The lowest BCUT2D eigenvalue weighted by Crippen LogP contribution is -2.36. The number of benzene rings is 1. The van der Waals surface area contributed by atoms with Gasteiger partial charge in [-0.1, -0.05) is 18.9 Å². The summed E-state index contributed by atoms with van der Waals surface area (Å²) in [5.74, 6) is 0.896. The normalized spacial score (nSPS) is 21.7. The van der Waals surface area contributed by atoms with Crippen LogP contribution in [0.4, 0.5) is 0 Å². The smallest absolute Gasteiger partial charge is 0.255 e. The zero-order valence-electron chi connectivity index (χ0n) is 12.6. The third-order valence-corrected chi connectivity index (χ3v) is 4.04. The lowest BCUT2D eigenvalue weighted by molar-refractivity contribution is 0.0662. The van der Waals surface area contributed by atoms with E-state index in [1.54, 1.807) is 18.2 Å². The SMILES string of the molecule is COc1cccc(C(=O)NCC2CCCCC2O)c1OC. The van der Waals surface area contributed by atoms with Gasteiger partial charge in [0.2, 0.25) is 0 Å². The summed E-state index contributed by atoms with van der Waals surface area (Å²) in [6.45, 7) is 0.486. The van der Waals surface area contributed by atoms with Crippen molar-refractivity contribution in [2.24, 2.45) is 5.92 Å². The summed E-state index contributed by atoms with van der Waals surface area (Å²) in [4.78, 5) is 12.3. The van der Waals surface area contributed by atoms with Crippen LogP contribution < -0.4 is 14.8 Å². The van der Waals surface area contributed by atoms with Crippen molar-refractivity contribution in [2.75, 3.05) is 20.8 Å². The average Bonchev–Trinajstić information content (AvgIpc) is 2.52. The van der Waals surface area contributed by atoms with Crippen LogP contribution in [0, 0.1) is 5.92 Å². The van der Waals surface area contributed by atoms with E-state index in [4.69, 9.17) is 9.47 Å². The maximum Gasteiger partial charge on any atom is 0.255 e. The number of hydrogen-bond donors (Lipinski definition) is 2. The van der Waals surface area contributed by atoms with Crippen LogP contribution in [0.1, 0.15) is 36.0 Å². The minimum absolute atomic E-state index is 0.138. The molecule has 2 atom stereocenters. The number of para-hydroxylation sites is 1. The number of ether oxygens (including phenoxy) is 2. The molecule has 0 bridgehead atoms. The van der Waals surface area contributed by atoms with Gasteiger partial charge in [-0.05, 0) is 25.0 Å². The predicted octanol–water partition coefficient (Wildman–Crippen LogP) is 1.98. The summed E-state index contributed by atoms with van der Waals surface area (Å²) in [5, 5.41) is 12.8. The highest BCUT2D eigenvalue weighted by atomic mass is 16.5. The molecule has 1 saturated carbocycles. The van der Waals surface area contributed by atoms with Crippen LogP contribution in [0.25, 0.3) is 0 Å². The van der Waals surface area contributed by atoms with Crippen LogP contribution in [0.3, 0.4) is 0 Å². The van der Waals surface area contributed by atoms with Crippen LogP contribution in [-0.4, -0.2) is 37.9 Å². The molecular formula is C16H23NO4. The number of amides is 1. The zero-order chi connectivity index (χ0) is 15.2. The molecule has 0 aromatic heterocycles. The lowest BCUT2D eigenvalue weighted by Gasteiger charge is -2.27. The second kappa shape index (κ2) is 7.31. The third-order valence-electron chi connectivity index (χ3n) is 4.04. The van der Waals surface area contributed by atoms with Crippen molar-refractivity contribution in [3.05, 3.63) is 23.8 Å². The summed E-state index contributed by atoms with van der Waals surface area (Å²) in [7, 11) is 3.05. The quantitative estimate of drug-likeness (QED) is 0.871. The monoisotopic (exact) mass is 293 g/mol. The minimum Gasteiger partial charge on any atom is -0.493 e. The Bertz CT molecular complexity index is 489. The first-order valence-corrected chi connectivity index (χ1v) is 7.34. The number of carbonyl (C=O) groups is 1. The Morgan fingerprint density at radius 2 is 2.05 bits per heavy atom. The van der Waals surface area contributed by atoms with Gasteiger partial charge in [0.15, 0.2) is 11.5 Å².